The minimum Gasteiger partial charge on any atom is -0.393 e. The largest absolute Gasteiger partial charge is 0.393 e. The number of anilines is 1. The molecule has 0 fully saturated rings. The van der Waals surface area contributed by atoms with E-state index in [2.05, 4.69) is 5.32 Å². The fourth-order valence-corrected chi connectivity index (χ4v) is 1.89. The molecule has 112 valence electrons. The molecule has 0 saturated carbocycles. The molecule has 0 saturated heterocycles. The average Bonchev–Trinajstić information content (AvgIpc) is 2.39. The first-order valence-electron chi connectivity index (χ1n) is 7.07. The van der Waals surface area contributed by atoms with Gasteiger partial charge in [0.25, 0.3) is 0 Å². The van der Waals surface area contributed by atoms with Crippen LogP contribution in [0.1, 0.15) is 31.4 Å². The van der Waals surface area contributed by atoms with Crippen LogP contribution in [-0.2, 0) is 4.79 Å². The highest BCUT2D eigenvalue weighted by molar-refractivity contribution is 5.95. The van der Waals surface area contributed by atoms with Crippen LogP contribution in [0.5, 0.6) is 0 Å². The Kier molecular flexibility index (Phi) is 6.17. The lowest BCUT2D eigenvalue weighted by molar-refractivity contribution is -0.120. The molecule has 1 aromatic rings. The van der Waals surface area contributed by atoms with E-state index in [1.165, 1.54) is 0 Å². The fourth-order valence-electron chi connectivity index (χ4n) is 1.89. The van der Waals surface area contributed by atoms with Crippen molar-refractivity contribution < 1.29 is 9.90 Å². The summed E-state index contributed by atoms with van der Waals surface area (Å²) in [5.41, 5.74) is 3.05. The minimum atomic E-state index is -0.341. The van der Waals surface area contributed by atoms with E-state index in [-0.39, 0.29) is 18.1 Å². The van der Waals surface area contributed by atoms with Gasteiger partial charge in [0.05, 0.1) is 12.1 Å². The summed E-state index contributed by atoms with van der Waals surface area (Å²) in [6.07, 6.45) is 0.323. The molecule has 0 bridgehead atoms. The Morgan fingerprint density at radius 2 is 2.00 bits per heavy atom. The van der Waals surface area contributed by atoms with Crippen LogP contribution in [0.25, 0.3) is 0 Å². The molecule has 1 aromatic carbocycles. The van der Waals surface area contributed by atoms with Gasteiger partial charge < -0.3 is 10.4 Å². The lowest BCUT2D eigenvalue weighted by atomic mass is 10.1. The first-order chi connectivity index (χ1) is 9.31. The smallest absolute Gasteiger partial charge is 0.241 e. The second-order valence-electron chi connectivity index (χ2n) is 5.60. The molecular formula is C16H26N2O2. The lowest BCUT2D eigenvalue weighted by Crippen LogP contribution is -2.40. The van der Waals surface area contributed by atoms with Gasteiger partial charge in [0, 0.05) is 12.2 Å². The highest BCUT2D eigenvalue weighted by atomic mass is 16.3. The monoisotopic (exact) mass is 278 g/mol. The van der Waals surface area contributed by atoms with Crippen LogP contribution in [0.3, 0.4) is 0 Å². The number of carbonyl (C=O) groups is 1. The Hall–Kier alpha value is -1.39. The van der Waals surface area contributed by atoms with Crippen molar-refractivity contribution in [3.8, 4) is 0 Å². The number of hydrogen-bond donors (Lipinski definition) is 2. The standard InChI is InChI=1S/C16H26N2O2/c1-11-6-7-12(2)15(10-11)17-16(20)14(4)18(5)9-8-13(3)19/h6-7,10,13-14,19H,8-9H2,1-5H3,(H,17,20). The molecule has 0 spiro atoms. The number of nitrogens with one attached hydrogen (secondary N) is 1. The zero-order chi connectivity index (χ0) is 15.3. The Morgan fingerprint density at radius 3 is 2.60 bits per heavy atom. The summed E-state index contributed by atoms with van der Waals surface area (Å²) >= 11 is 0. The lowest BCUT2D eigenvalue weighted by Gasteiger charge is -2.24. The van der Waals surface area contributed by atoms with E-state index in [9.17, 15) is 9.90 Å². The van der Waals surface area contributed by atoms with Crippen LogP contribution < -0.4 is 5.32 Å². The van der Waals surface area contributed by atoms with Crippen molar-refractivity contribution in [2.75, 3.05) is 18.9 Å². The minimum absolute atomic E-state index is 0.0215. The first-order valence-corrected chi connectivity index (χ1v) is 7.07. The molecule has 1 rings (SSSR count). The average molecular weight is 278 g/mol. The van der Waals surface area contributed by atoms with E-state index in [0.29, 0.717) is 13.0 Å². The molecule has 20 heavy (non-hydrogen) atoms. The Bertz CT molecular complexity index is 458. The highest BCUT2D eigenvalue weighted by Crippen LogP contribution is 2.17. The summed E-state index contributed by atoms with van der Waals surface area (Å²) in [6, 6.07) is 5.79. The quantitative estimate of drug-likeness (QED) is 0.839. The summed E-state index contributed by atoms with van der Waals surface area (Å²) in [4.78, 5) is 14.2. The molecule has 1 amide bonds. The predicted octanol–water partition coefficient (Wildman–Crippen LogP) is 2.33. The SMILES string of the molecule is Cc1ccc(C)c(NC(=O)C(C)N(C)CCC(C)O)c1. The molecule has 0 aliphatic carbocycles. The molecule has 0 aliphatic heterocycles. The van der Waals surface area contributed by atoms with Crippen molar-refractivity contribution in [2.24, 2.45) is 0 Å². The third-order valence-corrected chi connectivity index (χ3v) is 3.59. The predicted molar refractivity (Wildman–Crippen MR) is 82.9 cm³/mol. The Morgan fingerprint density at radius 1 is 1.35 bits per heavy atom. The summed E-state index contributed by atoms with van der Waals surface area (Å²) in [5, 5.41) is 12.3. The zero-order valence-electron chi connectivity index (χ0n) is 13.1. The Labute approximate surface area is 121 Å². The number of aliphatic hydroxyl groups is 1. The molecule has 0 heterocycles. The number of carbonyl (C=O) groups excluding carboxylic acids is 1. The molecule has 4 heteroatoms. The summed E-state index contributed by atoms with van der Waals surface area (Å²) < 4.78 is 0. The van der Waals surface area contributed by atoms with Crippen molar-refractivity contribution in [2.45, 2.75) is 46.3 Å². The van der Waals surface area contributed by atoms with Crippen molar-refractivity contribution in [1.29, 1.82) is 0 Å². The molecule has 4 nitrogen and oxygen atoms in total. The summed E-state index contributed by atoms with van der Waals surface area (Å²) in [6.45, 7) is 8.32. The van der Waals surface area contributed by atoms with E-state index in [0.717, 1.165) is 16.8 Å². The summed E-state index contributed by atoms with van der Waals surface area (Å²) in [5.74, 6) is -0.0215. The maximum Gasteiger partial charge on any atom is 0.241 e. The Balaban J connectivity index is 2.63. The highest BCUT2D eigenvalue weighted by Gasteiger charge is 2.18. The van der Waals surface area contributed by atoms with E-state index in [1.807, 2.05) is 50.9 Å². The van der Waals surface area contributed by atoms with Gasteiger partial charge in [0.15, 0.2) is 0 Å². The van der Waals surface area contributed by atoms with Crippen molar-refractivity contribution in [1.82, 2.24) is 4.90 Å². The number of likely N-dealkylation sites (N-methyl/N-ethyl adjacent to an activating group) is 1. The third kappa shape index (κ3) is 4.94. The molecule has 2 N–H and O–H groups in total. The number of benzene rings is 1. The first kappa shape index (κ1) is 16.7. The maximum absolute atomic E-state index is 12.2. The van der Waals surface area contributed by atoms with Gasteiger partial charge in [-0.2, -0.15) is 0 Å². The van der Waals surface area contributed by atoms with E-state index in [4.69, 9.17) is 0 Å². The van der Waals surface area contributed by atoms with Gasteiger partial charge in [-0.3, -0.25) is 9.69 Å². The van der Waals surface area contributed by atoms with Crippen LogP contribution in [-0.4, -0.2) is 41.7 Å². The van der Waals surface area contributed by atoms with Crippen molar-refractivity contribution in [3.05, 3.63) is 29.3 Å². The number of hydrogen-bond acceptors (Lipinski definition) is 3. The van der Waals surface area contributed by atoms with E-state index in [1.54, 1.807) is 6.92 Å². The van der Waals surface area contributed by atoms with Crippen molar-refractivity contribution >= 4 is 11.6 Å². The van der Waals surface area contributed by atoms with Crippen LogP contribution >= 0.6 is 0 Å². The zero-order valence-corrected chi connectivity index (χ0v) is 13.1. The van der Waals surface area contributed by atoms with Crippen LogP contribution in [0.2, 0.25) is 0 Å². The number of amides is 1. The molecule has 0 radical (unpaired) electrons. The van der Waals surface area contributed by atoms with Gasteiger partial charge in [0.2, 0.25) is 5.91 Å². The second kappa shape index (κ2) is 7.41. The van der Waals surface area contributed by atoms with Crippen LogP contribution in [0, 0.1) is 13.8 Å². The molecular weight excluding hydrogens is 252 g/mol. The van der Waals surface area contributed by atoms with Crippen molar-refractivity contribution in [3.63, 3.8) is 0 Å². The van der Waals surface area contributed by atoms with Crippen LogP contribution in [0.15, 0.2) is 18.2 Å². The van der Waals surface area contributed by atoms with Gasteiger partial charge in [-0.25, -0.2) is 0 Å². The molecule has 2 atom stereocenters. The third-order valence-electron chi connectivity index (χ3n) is 3.59. The fraction of sp³-hybridized carbons (Fsp3) is 0.562. The van der Waals surface area contributed by atoms with Gasteiger partial charge in [-0.1, -0.05) is 12.1 Å². The van der Waals surface area contributed by atoms with Crippen LogP contribution in [0.4, 0.5) is 5.69 Å². The van der Waals surface area contributed by atoms with E-state index < -0.39 is 0 Å². The van der Waals surface area contributed by atoms with Gasteiger partial charge in [0.1, 0.15) is 0 Å². The molecule has 0 aliphatic rings. The topological polar surface area (TPSA) is 52.6 Å². The molecule has 0 aromatic heterocycles. The molecule has 2 unspecified atom stereocenters. The number of rotatable bonds is 6. The normalized spacial score (nSPS) is 14.2. The second-order valence-corrected chi connectivity index (χ2v) is 5.60. The van der Waals surface area contributed by atoms with E-state index >= 15 is 0 Å². The number of nitrogens with zero attached hydrogens (tertiary/aromatic N) is 1. The van der Waals surface area contributed by atoms with Gasteiger partial charge in [-0.15, -0.1) is 0 Å². The number of aliphatic hydroxyl groups excluding tert-OH is 1. The van der Waals surface area contributed by atoms with Gasteiger partial charge >= 0.3 is 0 Å². The van der Waals surface area contributed by atoms with Gasteiger partial charge in [-0.05, 0) is 58.4 Å². The maximum atomic E-state index is 12.2. The number of aryl methyl sites for hydroxylation is 2. The summed E-state index contributed by atoms with van der Waals surface area (Å²) in [7, 11) is 1.90.